The van der Waals surface area contributed by atoms with E-state index < -0.39 is 0 Å². The van der Waals surface area contributed by atoms with Gasteiger partial charge in [-0.2, -0.15) is 0 Å². The lowest BCUT2D eigenvalue weighted by Gasteiger charge is -2.35. The minimum absolute atomic E-state index is 0. The quantitative estimate of drug-likeness (QED) is 0.925. The fraction of sp³-hybridized carbons (Fsp3) is 0.600. The summed E-state index contributed by atoms with van der Waals surface area (Å²) in [6, 6.07) is 4.41. The average Bonchev–Trinajstić information content (AvgIpc) is 2.90. The molecule has 1 fully saturated rings. The Labute approximate surface area is 131 Å². The lowest BCUT2D eigenvalue weighted by molar-refractivity contribution is 0.157. The first-order valence-electron chi connectivity index (χ1n) is 7.12. The maximum Gasteiger partial charge on any atom is 0.231 e. The maximum absolute atomic E-state index is 6.07. The van der Waals surface area contributed by atoms with Crippen LogP contribution in [0.15, 0.2) is 12.1 Å². The van der Waals surface area contributed by atoms with Crippen LogP contribution in [0.3, 0.4) is 0 Å². The number of nitrogens with zero attached hydrogens (tertiary/aromatic N) is 1. The molecule has 21 heavy (non-hydrogen) atoms. The van der Waals surface area contributed by atoms with Crippen LogP contribution in [0.5, 0.6) is 17.2 Å². The van der Waals surface area contributed by atoms with E-state index in [4.69, 9.17) is 19.9 Å². The Morgan fingerprint density at radius 3 is 2.90 bits per heavy atom. The second-order valence-electron chi connectivity index (χ2n) is 5.70. The van der Waals surface area contributed by atoms with Crippen LogP contribution in [-0.4, -0.2) is 37.9 Å². The van der Waals surface area contributed by atoms with Crippen molar-refractivity contribution in [1.82, 2.24) is 4.90 Å². The second-order valence-corrected chi connectivity index (χ2v) is 5.70. The number of piperidine rings is 1. The molecule has 118 valence electrons. The summed E-state index contributed by atoms with van der Waals surface area (Å²) < 4.78 is 16.3. The number of benzene rings is 1. The molecule has 0 amide bonds. The van der Waals surface area contributed by atoms with Gasteiger partial charge in [0.25, 0.3) is 0 Å². The zero-order valence-corrected chi connectivity index (χ0v) is 13.3. The average molecular weight is 315 g/mol. The van der Waals surface area contributed by atoms with Gasteiger partial charge in [0.05, 0.1) is 7.11 Å². The minimum Gasteiger partial charge on any atom is -0.493 e. The van der Waals surface area contributed by atoms with Crippen molar-refractivity contribution in [3.63, 3.8) is 0 Å². The number of hydrogen-bond donors (Lipinski definition) is 1. The smallest absolute Gasteiger partial charge is 0.231 e. The Morgan fingerprint density at radius 1 is 1.38 bits per heavy atom. The third kappa shape index (κ3) is 3.36. The normalized spacial score (nSPS) is 24.5. The highest BCUT2D eigenvalue weighted by molar-refractivity contribution is 5.85. The van der Waals surface area contributed by atoms with E-state index in [2.05, 4.69) is 11.8 Å². The van der Waals surface area contributed by atoms with Gasteiger partial charge in [-0.25, -0.2) is 0 Å². The van der Waals surface area contributed by atoms with Crippen LogP contribution < -0.4 is 19.9 Å². The molecule has 0 bridgehead atoms. The minimum atomic E-state index is 0. The largest absolute Gasteiger partial charge is 0.493 e. The molecule has 1 aromatic rings. The molecular formula is C15H23ClN2O3. The van der Waals surface area contributed by atoms with Crippen molar-refractivity contribution in [2.24, 2.45) is 11.7 Å². The number of hydrogen-bond acceptors (Lipinski definition) is 5. The molecule has 1 saturated heterocycles. The van der Waals surface area contributed by atoms with Crippen molar-refractivity contribution < 1.29 is 14.2 Å². The van der Waals surface area contributed by atoms with Crippen molar-refractivity contribution in [2.75, 3.05) is 27.0 Å². The third-order valence-corrected chi connectivity index (χ3v) is 4.18. The van der Waals surface area contributed by atoms with Crippen LogP contribution in [-0.2, 0) is 6.54 Å². The van der Waals surface area contributed by atoms with E-state index in [1.54, 1.807) is 7.11 Å². The SMILES string of the molecule is COc1cc(CN2CCC(N)C(C)C2)cc2c1OCO2.Cl. The summed E-state index contributed by atoms with van der Waals surface area (Å²) in [5.41, 5.74) is 7.26. The van der Waals surface area contributed by atoms with E-state index >= 15 is 0 Å². The highest BCUT2D eigenvalue weighted by atomic mass is 35.5. The van der Waals surface area contributed by atoms with Gasteiger partial charge < -0.3 is 19.9 Å². The maximum atomic E-state index is 6.07. The molecule has 2 atom stereocenters. The van der Waals surface area contributed by atoms with E-state index in [0.717, 1.165) is 37.6 Å². The van der Waals surface area contributed by atoms with Gasteiger partial charge in [-0.15, -0.1) is 12.4 Å². The number of likely N-dealkylation sites (tertiary alicyclic amines) is 1. The third-order valence-electron chi connectivity index (χ3n) is 4.18. The first kappa shape index (κ1) is 16.2. The molecule has 2 heterocycles. The lowest BCUT2D eigenvalue weighted by Crippen LogP contribution is -2.45. The van der Waals surface area contributed by atoms with Crippen molar-refractivity contribution in [2.45, 2.75) is 25.9 Å². The second kappa shape index (κ2) is 6.73. The van der Waals surface area contributed by atoms with E-state index in [0.29, 0.717) is 17.7 Å². The summed E-state index contributed by atoms with van der Waals surface area (Å²) >= 11 is 0. The Morgan fingerprint density at radius 2 is 2.19 bits per heavy atom. The lowest BCUT2D eigenvalue weighted by atomic mass is 9.94. The van der Waals surface area contributed by atoms with Gasteiger partial charge in [0, 0.05) is 19.1 Å². The van der Waals surface area contributed by atoms with Gasteiger partial charge in [-0.1, -0.05) is 6.92 Å². The van der Waals surface area contributed by atoms with Gasteiger partial charge in [-0.3, -0.25) is 4.90 Å². The molecule has 2 aliphatic rings. The molecule has 5 nitrogen and oxygen atoms in total. The zero-order valence-electron chi connectivity index (χ0n) is 12.5. The summed E-state index contributed by atoms with van der Waals surface area (Å²) in [6.45, 7) is 5.46. The van der Waals surface area contributed by atoms with Crippen molar-refractivity contribution in [1.29, 1.82) is 0 Å². The van der Waals surface area contributed by atoms with Gasteiger partial charge in [-0.05, 0) is 36.6 Å². The van der Waals surface area contributed by atoms with E-state index in [1.165, 1.54) is 5.56 Å². The van der Waals surface area contributed by atoms with Crippen molar-refractivity contribution >= 4 is 12.4 Å². The van der Waals surface area contributed by atoms with Crippen LogP contribution in [0.25, 0.3) is 0 Å². The fourth-order valence-corrected chi connectivity index (χ4v) is 2.93. The van der Waals surface area contributed by atoms with E-state index in [9.17, 15) is 0 Å². The van der Waals surface area contributed by atoms with E-state index in [-0.39, 0.29) is 19.2 Å². The van der Waals surface area contributed by atoms with Crippen LogP contribution in [0.4, 0.5) is 0 Å². The molecule has 1 aromatic carbocycles. The molecule has 0 aromatic heterocycles. The van der Waals surface area contributed by atoms with Crippen LogP contribution in [0.1, 0.15) is 18.9 Å². The summed E-state index contributed by atoms with van der Waals surface area (Å²) in [7, 11) is 1.66. The predicted molar refractivity (Wildman–Crippen MR) is 83.4 cm³/mol. The predicted octanol–water partition coefficient (Wildman–Crippen LogP) is 2.01. The number of fused-ring (bicyclic) bond motifs is 1. The summed E-state index contributed by atoms with van der Waals surface area (Å²) in [5, 5.41) is 0. The number of nitrogens with two attached hydrogens (primary N) is 1. The first-order chi connectivity index (χ1) is 9.67. The van der Waals surface area contributed by atoms with Gasteiger partial charge >= 0.3 is 0 Å². The number of ether oxygens (including phenoxy) is 3. The van der Waals surface area contributed by atoms with Crippen LogP contribution >= 0.6 is 12.4 Å². The molecule has 2 unspecified atom stereocenters. The Hall–Kier alpha value is -1.17. The van der Waals surface area contributed by atoms with Gasteiger partial charge in [0.1, 0.15) is 0 Å². The summed E-state index contributed by atoms with van der Waals surface area (Å²) in [4.78, 5) is 2.44. The highest BCUT2D eigenvalue weighted by Crippen LogP contribution is 2.42. The number of methoxy groups -OCH3 is 1. The van der Waals surface area contributed by atoms with E-state index in [1.807, 2.05) is 12.1 Å². The van der Waals surface area contributed by atoms with Crippen LogP contribution in [0.2, 0.25) is 0 Å². The zero-order chi connectivity index (χ0) is 14.1. The van der Waals surface area contributed by atoms with Crippen molar-refractivity contribution in [3.8, 4) is 17.2 Å². The molecule has 0 spiro atoms. The molecule has 3 rings (SSSR count). The van der Waals surface area contributed by atoms with Crippen LogP contribution in [0, 0.1) is 5.92 Å². The molecule has 0 radical (unpaired) electrons. The first-order valence-corrected chi connectivity index (χ1v) is 7.12. The highest BCUT2D eigenvalue weighted by Gasteiger charge is 2.25. The van der Waals surface area contributed by atoms with Gasteiger partial charge in [0.2, 0.25) is 12.5 Å². The Balaban J connectivity index is 0.00000161. The van der Waals surface area contributed by atoms with Gasteiger partial charge in [0.15, 0.2) is 11.5 Å². The fourth-order valence-electron chi connectivity index (χ4n) is 2.93. The molecule has 6 heteroatoms. The molecular weight excluding hydrogens is 292 g/mol. The Bertz CT molecular complexity index is 498. The molecule has 2 N–H and O–H groups in total. The standard InChI is InChI=1S/C15H22N2O3.ClH/c1-10-7-17(4-3-12(10)16)8-11-5-13(18-2)15-14(6-11)19-9-20-15;/h5-6,10,12H,3-4,7-9,16H2,1-2H3;1H. The summed E-state index contributed by atoms with van der Waals surface area (Å²) in [5.74, 6) is 2.78. The molecule has 2 aliphatic heterocycles. The topological polar surface area (TPSA) is 57.0 Å². The van der Waals surface area contributed by atoms with Crippen molar-refractivity contribution in [3.05, 3.63) is 17.7 Å². The Kier molecular flexibility index (Phi) is 5.19. The summed E-state index contributed by atoms with van der Waals surface area (Å²) in [6.07, 6.45) is 1.06. The molecule has 0 saturated carbocycles. The monoisotopic (exact) mass is 314 g/mol. The number of rotatable bonds is 3. The molecule has 0 aliphatic carbocycles. The number of halogens is 1.